The SMILES string of the molecule is COC#Cc1ccc(-c2ccc([N+](=O)[O-])cc2)cc1. The number of benzene rings is 2. The highest BCUT2D eigenvalue weighted by molar-refractivity contribution is 5.65. The molecule has 2 aromatic carbocycles. The molecule has 0 aliphatic carbocycles. The number of nitro benzene ring substituents is 1. The Morgan fingerprint density at radius 1 is 1.00 bits per heavy atom. The number of hydrogen-bond donors (Lipinski definition) is 0. The molecule has 0 aliphatic heterocycles. The maximum absolute atomic E-state index is 10.6. The summed E-state index contributed by atoms with van der Waals surface area (Å²) >= 11 is 0. The van der Waals surface area contributed by atoms with E-state index in [0.29, 0.717) is 0 Å². The van der Waals surface area contributed by atoms with E-state index >= 15 is 0 Å². The van der Waals surface area contributed by atoms with Gasteiger partial charge in [0.15, 0.2) is 0 Å². The topological polar surface area (TPSA) is 52.4 Å². The van der Waals surface area contributed by atoms with E-state index in [1.54, 1.807) is 12.1 Å². The number of hydrogen-bond acceptors (Lipinski definition) is 3. The van der Waals surface area contributed by atoms with Crippen molar-refractivity contribution in [3.05, 3.63) is 64.2 Å². The molecule has 0 N–H and O–H groups in total. The summed E-state index contributed by atoms with van der Waals surface area (Å²) in [5.74, 6) is 2.84. The first-order valence-electron chi connectivity index (χ1n) is 5.59. The van der Waals surface area contributed by atoms with Crippen molar-refractivity contribution < 1.29 is 9.66 Å². The van der Waals surface area contributed by atoms with Gasteiger partial charge in [-0.25, -0.2) is 0 Å². The summed E-state index contributed by atoms with van der Waals surface area (Å²) in [5, 5.41) is 10.6. The van der Waals surface area contributed by atoms with Gasteiger partial charge in [0, 0.05) is 17.7 Å². The molecule has 0 saturated carbocycles. The molecule has 0 radical (unpaired) electrons. The smallest absolute Gasteiger partial charge is 0.269 e. The van der Waals surface area contributed by atoms with Crippen LogP contribution in [-0.4, -0.2) is 12.0 Å². The van der Waals surface area contributed by atoms with E-state index in [-0.39, 0.29) is 5.69 Å². The molecule has 0 saturated heterocycles. The van der Waals surface area contributed by atoms with Gasteiger partial charge in [-0.1, -0.05) is 12.1 Å². The molecular weight excluding hydrogens is 242 g/mol. The first-order chi connectivity index (χ1) is 9.20. The number of methoxy groups -OCH3 is 1. The molecule has 0 atom stereocenters. The number of ether oxygens (including phenoxy) is 1. The van der Waals surface area contributed by atoms with Crippen LogP contribution in [0.2, 0.25) is 0 Å². The van der Waals surface area contributed by atoms with Crippen molar-refractivity contribution in [2.45, 2.75) is 0 Å². The molecule has 4 heteroatoms. The lowest BCUT2D eigenvalue weighted by atomic mass is 10.0. The molecule has 4 nitrogen and oxygen atoms in total. The lowest BCUT2D eigenvalue weighted by Gasteiger charge is -2.01. The fourth-order valence-electron chi connectivity index (χ4n) is 1.63. The van der Waals surface area contributed by atoms with E-state index in [1.165, 1.54) is 19.2 Å². The normalized spacial score (nSPS) is 9.32. The minimum Gasteiger partial charge on any atom is -0.450 e. The van der Waals surface area contributed by atoms with E-state index < -0.39 is 4.92 Å². The van der Waals surface area contributed by atoms with Gasteiger partial charge in [-0.2, -0.15) is 0 Å². The van der Waals surface area contributed by atoms with Gasteiger partial charge in [0.05, 0.1) is 12.0 Å². The van der Waals surface area contributed by atoms with Crippen LogP contribution in [0, 0.1) is 22.1 Å². The maximum Gasteiger partial charge on any atom is 0.269 e. The number of nitro groups is 1. The van der Waals surface area contributed by atoms with E-state index in [0.717, 1.165) is 16.7 Å². The highest BCUT2D eigenvalue weighted by Crippen LogP contribution is 2.22. The molecule has 0 amide bonds. The van der Waals surface area contributed by atoms with Crippen LogP contribution in [-0.2, 0) is 4.74 Å². The predicted octanol–water partition coefficient (Wildman–Crippen LogP) is 3.22. The fourth-order valence-corrected chi connectivity index (χ4v) is 1.63. The zero-order valence-corrected chi connectivity index (χ0v) is 10.3. The monoisotopic (exact) mass is 253 g/mol. The van der Waals surface area contributed by atoms with Crippen molar-refractivity contribution in [3.63, 3.8) is 0 Å². The molecule has 0 heterocycles. The third-order valence-corrected chi connectivity index (χ3v) is 2.59. The highest BCUT2D eigenvalue weighted by atomic mass is 16.6. The summed E-state index contributed by atoms with van der Waals surface area (Å²) in [6, 6.07) is 14.0. The Morgan fingerprint density at radius 3 is 2.00 bits per heavy atom. The predicted molar refractivity (Wildman–Crippen MR) is 72.4 cm³/mol. The van der Waals surface area contributed by atoms with Crippen molar-refractivity contribution in [1.82, 2.24) is 0 Å². The lowest BCUT2D eigenvalue weighted by molar-refractivity contribution is -0.384. The molecular formula is C15H11NO3. The van der Waals surface area contributed by atoms with E-state index in [9.17, 15) is 10.1 Å². The Balaban J connectivity index is 2.24. The number of nitrogens with zero attached hydrogens (tertiary/aromatic N) is 1. The molecule has 0 bridgehead atoms. The molecule has 19 heavy (non-hydrogen) atoms. The van der Waals surface area contributed by atoms with Gasteiger partial charge in [0.25, 0.3) is 5.69 Å². The van der Waals surface area contributed by atoms with Gasteiger partial charge in [-0.05, 0) is 41.3 Å². The van der Waals surface area contributed by atoms with Crippen molar-refractivity contribution in [2.24, 2.45) is 0 Å². The third kappa shape index (κ3) is 3.11. The first-order valence-corrected chi connectivity index (χ1v) is 5.59. The van der Waals surface area contributed by atoms with Gasteiger partial charge < -0.3 is 4.74 Å². The van der Waals surface area contributed by atoms with Crippen LogP contribution in [0.5, 0.6) is 0 Å². The maximum atomic E-state index is 10.6. The van der Waals surface area contributed by atoms with Crippen LogP contribution in [0.1, 0.15) is 5.56 Å². The quantitative estimate of drug-likeness (QED) is 0.469. The zero-order valence-electron chi connectivity index (χ0n) is 10.3. The zero-order chi connectivity index (χ0) is 13.7. The summed E-state index contributed by atoms with van der Waals surface area (Å²) in [6.45, 7) is 0. The van der Waals surface area contributed by atoms with Crippen molar-refractivity contribution in [2.75, 3.05) is 7.11 Å². The minimum absolute atomic E-state index is 0.0892. The van der Waals surface area contributed by atoms with Crippen LogP contribution in [0.3, 0.4) is 0 Å². The summed E-state index contributed by atoms with van der Waals surface area (Å²) in [4.78, 5) is 10.2. The van der Waals surface area contributed by atoms with E-state index in [4.69, 9.17) is 0 Å². The van der Waals surface area contributed by atoms with Gasteiger partial charge >= 0.3 is 0 Å². The van der Waals surface area contributed by atoms with Gasteiger partial charge in [-0.15, -0.1) is 0 Å². The molecule has 2 aromatic rings. The second-order valence-electron chi connectivity index (χ2n) is 3.81. The highest BCUT2D eigenvalue weighted by Gasteiger charge is 2.04. The van der Waals surface area contributed by atoms with Crippen LogP contribution in [0.4, 0.5) is 5.69 Å². The third-order valence-electron chi connectivity index (χ3n) is 2.59. The van der Waals surface area contributed by atoms with Gasteiger partial charge in [0.1, 0.15) is 6.11 Å². The van der Waals surface area contributed by atoms with E-state index in [1.807, 2.05) is 24.3 Å². The van der Waals surface area contributed by atoms with Gasteiger partial charge in [-0.3, -0.25) is 10.1 Å². The Bertz CT molecular complexity index is 634. The summed E-state index contributed by atoms with van der Waals surface area (Å²) < 4.78 is 4.67. The van der Waals surface area contributed by atoms with Crippen LogP contribution in [0.15, 0.2) is 48.5 Å². The minimum atomic E-state index is -0.410. The summed E-state index contributed by atoms with van der Waals surface area (Å²) in [6.07, 6.45) is 2.52. The molecule has 0 spiro atoms. The second kappa shape index (κ2) is 5.69. The standard InChI is InChI=1S/C15H11NO3/c1-19-11-10-12-2-4-13(5-3-12)14-6-8-15(9-7-14)16(17)18/h2-9H,1H3. The Kier molecular flexibility index (Phi) is 3.79. The molecule has 0 unspecified atom stereocenters. The van der Waals surface area contributed by atoms with Crippen LogP contribution < -0.4 is 0 Å². The molecule has 94 valence electrons. The summed E-state index contributed by atoms with van der Waals surface area (Å²) in [5.41, 5.74) is 2.86. The van der Waals surface area contributed by atoms with Crippen molar-refractivity contribution in [3.8, 4) is 23.2 Å². The average molecular weight is 253 g/mol. The average Bonchev–Trinajstić information content (AvgIpc) is 2.46. The number of rotatable bonds is 2. The fraction of sp³-hybridized carbons (Fsp3) is 0.0667. The van der Waals surface area contributed by atoms with Gasteiger partial charge in [0.2, 0.25) is 0 Å². The largest absolute Gasteiger partial charge is 0.450 e. The molecule has 0 fully saturated rings. The molecule has 0 aromatic heterocycles. The lowest BCUT2D eigenvalue weighted by Crippen LogP contribution is -1.87. The van der Waals surface area contributed by atoms with Crippen LogP contribution >= 0.6 is 0 Å². The second-order valence-corrected chi connectivity index (χ2v) is 3.81. The molecule has 2 rings (SSSR count). The Morgan fingerprint density at radius 2 is 1.53 bits per heavy atom. The van der Waals surface area contributed by atoms with Crippen molar-refractivity contribution >= 4 is 5.69 Å². The first kappa shape index (κ1) is 12.7. The Labute approximate surface area is 110 Å². The molecule has 0 aliphatic rings. The Hall–Kier alpha value is -2.80. The summed E-state index contributed by atoms with van der Waals surface area (Å²) in [7, 11) is 1.51. The van der Waals surface area contributed by atoms with Crippen molar-refractivity contribution in [1.29, 1.82) is 0 Å². The number of non-ortho nitro benzene ring substituents is 1. The van der Waals surface area contributed by atoms with E-state index in [2.05, 4.69) is 16.8 Å². The van der Waals surface area contributed by atoms with Crippen LogP contribution in [0.25, 0.3) is 11.1 Å².